The Labute approximate surface area is 165 Å². The molecule has 0 unspecified atom stereocenters. The zero-order valence-electron chi connectivity index (χ0n) is 13.8. The van der Waals surface area contributed by atoms with E-state index in [9.17, 15) is 88.6 Å². The molecule has 0 saturated carbocycles. The number of halogens is 18. The summed E-state index contributed by atoms with van der Waals surface area (Å²) in [7, 11) is 0. The summed E-state index contributed by atoms with van der Waals surface area (Å²) in [6, 6.07) is 0. The summed E-state index contributed by atoms with van der Waals surface area (Å²) in [5.74, 6) is -40.1. The van der Waals surface area contributed by atoms with Gasteiger partial charge in [-0.3, -0.25) is 0 Å². The van der Waals surface area contributed by atoms with Crippen LogP contribution in [0.3, 0.4) is 0 Å². The maximum Gasteiger partial charge on any atom is 0.527 e. The summed E-state index contributed by atoms with van der Waals surface area (Å²) in [6.45, 7) is 0. The molecule has 196 valence electrons. The van der Waals surface area contributed by atoms with Gasteiger partial charge in [0, 0.05) is 0 Å². The van der Waals surface area contributed by atoms with Crippen molar-refractivity contribution in [3.63, 3.8) is 0 Å². The number of ether oxygens (including phenoxy) is 3. The lowest BCUT2D eigenvalue weighted by atomic mass is 10.1. The van der Waals surface area contributed by atoms with E-state index in [-0.39, 0.29) is 0 Å². The monoisotopic (exact) mass is 542 g/mol. The van der Waals surface area contributed by atoms with Crippen molar-refractivity contribution in [3.05, 3.63) is 0 Å². The minimum absolute atomic E-state index is 1.30. The Morgan fingerprint density at radius 2 is 0.636 bits per heavy atom. The summed E-state index contributed by atoms with van der Waals surface area (Å²) in [5.41, 5.74) is 0. The highest BCUT2D eigenvalue weighted by atomic mass is 19.4. The van der Waals surface area contributed by atoms with Crippen LogP contribution in [-0.4, -0.2) is 60.6 Å². The molecule has 0 rings (SSSR count). The van der Waals surface area contributed by atoms with Crippen molar-refractivity contribution in [2.24, 2.45) is 0 Å². The number of carbonyl (C=O) groups excluding carboxylic acids is 2. The second-order valence-corrected chi connectivity index (χ2v) is 5.10. The number of hydrogen-bond donors (Lipinski definition) is 0. The molecule has 0 amide bonds. The van der Waals surface area contributed by atoms with Crippen molar-refractivity contribution in [1.29, 1.82) is 0 Å². The maximum absolute atomic E-state index is 13.1. The molecule has 0 aliphatic rings. The standard InChI is InChI=1S/C10F18O5/c11-3(12,5(15,16)7(19,20)32-9(23,24)25)1(29)31-2(30)4(13,14)6(17,18)8(21,22)33-10(26,27)28. The number of carbonyl (C=O) groups is 2. The number of alkyl halides is 18. The van der Waals surface area contributed by atoms with Crippen LogP contribution in [0.2, 0.25) is 0 Å². The largest absolute Gasteiger partial charge is 0.527 e. The molecule has 0 aliphatic carbocycles. The lowest BCUT2D eigenvalue weighted by Crippen LogP contribution is -2.63. The van der Waals surface area contributed by atoms with Crippen LogP contribution in [-0.2, 0) is 23.8 Å². The van der Waals surface area contributed by atoms with Gasteiger partial charge < -0.3 is 4.74 Å². The van der Waals surface area contributed by atoms with E-state index in [1.165, 1.54) is 9.47 Å². The van der Waals surface area contributed by atoms with Crippen LogP contribution in [0.5, 0.6) is 0 Å². The Hall–Kier alpha value is -2.20. The lowest BCUT2D eigenvalue weighted by molar-refractivity contribution is -0.482. The highest BCUT2D eigenvalue weighted by Gasteiger charge is 2.82. The van der Waals surface area contributed by atoms with Gasteiger partial charge in [-0.1, -0.05) is 0 Å². The molecule has 0 atom stereocenters. The van der Waals surface area contributed by atoms with E-state index in [0.717, 1.165) is 0 Å². The Morgan fingerprint density at radius 1 is 0.424 bits per heavy atom. The van der Waals surface area contributed by atoms with Gasteiger partial charge in [-0.25, -0.2) is 19.1 Å². The topological polar surface area (TPSA) is 61.8 Å². The zero-order chi connectivity index (χ0) is 27.3. The molecule has 0 aromatic rings. The van der Waals surface area contributed by atoms with E-state index >= 15 is 0 Å². The third kappa shape index (κ3) is 6.03. The van der Waals surface area contributed by atoms with Crippen molar-refractivity contribution < 1.29 is 103 Å². The fourth-order valence-electron chi connectivity index (χ4n) is 1.25. The molecule has 23 heteroatoms. The smallest absolute Gasteiger partial charge is 0.384 e. The first-order valence-electron chi connectivity index (χ1n) is 6.53. The minimum atomic E-state index is -7.76. The van der Waals surface area contributed by atoms with Gasteiger partial charge >= 0.3 is 60.6 Å². The van der Waals surface area contributed by atoms with E-state index in [1.807, 2.05) is 4.74 Å². The first kappa shape index (κ1) is 30.8. The number of hydrogen-bond acceptors (Lipinski definition) is 5. The predicted molar refractivity (Wildman–Crippen MR) is 55.1 cm³/mol. The molecule has 0 aromatic heterocycles. The average Bonchev–Trinajstić information content (AvgIpc) is 2.49. The molecule has 33 heavy (non-hydrogen) atoms. The summed E-state index contributed by atoms with van der Waals surface area (Å²) in [5, 5.41) is 0. The van der Waals surface area contributed by atoms with E-state index in [0.29, 0.717) is 0 Å². The van der Waals surface area contributed by atoms with Crippen LogP contribution in [0.15, 0.2) is 0 Å². The van der Waals surface area contributed by atoms with E-state index in [1.54, 1.807) is 0 Å². The molecule has 0 heterocycles. The molecular weight excluding hydrogens is 542 g/mol. The third-order valence-electron chi connectivity index (χ3n) is 2.71. The number of esters is 2. The second kappa shape index (κ2) is 8.23. The van der Waals surface area contributed by atoms with Crippen molar-refractivity contribution >= 4 is 11.9 Å². The molecule has 0 spiro atoms. The molecule has 0 radical (unpaired) electrons. The second-order valence-electron chi connectivity index (χ2n) is 5.10. The quantitative estimate of drug-likeness (QED) is 0.250. The zero-order valence-corrected chi connectivity index (χ0v) is 13.8. The van der Waals surface area contributed by atoms with Gasteiger partial charge in [-0.05, 0) is 0 Å². The van der Waals surface area contributed by atoms with Crippen LogP contribution in [0.25, 0.3) is 0 Å². The van der Waals surface area contributed by atoms with E-state index in [2.05, 4.69) is 0 Å². The van der Waals surface area contributed by atoms with Crippen LogP contribution >= 0.6 is 0 Å². The fourth-order valence-corrected chi connectivity index (χ4v) is 1.25. The van der Waals surface area contributed by atoms with Gasteiger partial charge in [0.2, 0.25) is 0 Å². The van der Waals surface area contributed by atoms with Gasteiger partial charge in [-0.15, -0.1) is 26.3 Å². The van der Waals surface area contributed by atoms with Crippen molar-refractivity contribution in [1.82, 2.24) is 0 Å². The predicted octanol–water partition coefficient (Wildman–Crippen LogP) is 4.86. The molecule has 5 nitrogen and oxygen atoms in total. The average molecular weight is 542 g/mol. The van der Waals surface area contributed by atoms with E-state index < -0.39 is 60.6 Å². The Morgan fingerprint density at radius 3 is 0.818 bits per heavy atom. The molecule has 0 fully saturated rings. The van der Waals surface area contributed by atoms with Crippen LogP contribution in [0.4, 0.5) is 79.0 Å². The van der Waals surface area contributed by atoms with Gasteiger partial charge in [0.25, 0.3) is 0 Å². The van der Waals surface area contributed by atoms with Crippen LogP contribution in [0, 0.1) is 0 Å². The molecular formula is C10F18O5. The summed E-state index contributed by atoms with van der Waals surface area (Å²) in [4.78, 5) is 21.3. The molecule has 0 N–H and O–H groups in total. The Bertz CT molecular complexity index is 687. The summed E-state index contributed by atoms with van der Waals surface area (Å²) < 4.78 is 229. The van der Waals surface area contributed by atoms with Crippen LogP contribution in [0.1, 0.15) is 0 Å². The van der Waals surface area contributed by atoms with E-state index in [4.69, 9.17) is 0 Å². The van der Waals surface area contributed by atoms with Gasteiger partial charge in [0.15, 0.2) is 0 Å². The normalized spacial score (nSPS) is 15.5. The molecule has 0 bridgehead atoms. The van der Waals surface area contributed by atoms with Gasteiger partial charge in [0.05, 0.1) is 0 Å². The highest BCUT2D eigenvalue weighted by Crippen LogP contribution is 2.51. The lowest BCUT2D eigenvalue weighted by Gasteiger charge is -2.32. The SMILES string of the molecule is O=C(OC(=O)C(F)(F)C(F)(F)C(F)(F)OC(F)(F)F)C(F)(F)C(F)(F)C(F)(F)OC(F)(F)F. The molecule has 0 saturated heterocycles. The molecule has 0 aliphatic heterocycles. The summed E-state index contributed by atoms with van der Waals surface area (Å²) in [6.07, 6.45) is -28.6. The fraction of sp³-hybridized carbons (Fsp3) is 0.800. The van der Waals surface area contributed by atoms with Crippen LogP contribution < -0.4 is 0 Å². The minimum Gasteiger partial charge on any atom is -0.384 e. The van der Waals surface area contributed by atoms with Crippen molar-refractivity contribution in [2.75, 3.05) is 0 Å². The molecule has 0 aromatic carbocycles. The maximum atomic E-state index is 13.1. The van der Waals surface area contributed by atoms with Crippen molar-refractivity contribution in [2.45, 2.75) is 48.6 Å². The van der Waals surface area contributed by atoms with Gasteiger partial charge in [0.1, 0.15) is 0 Å². The van der Waals surface area contributed by atoms with Gasteiger partial charge in [-0.2, -0.15) is 52.7 Å². The first-order valence-corrected chi connectivity index (χ1v) is 6.53. The first-order chi connectivity index (χ1) is 14.0. The Kier molecular flexibility index (Phi) is 7.68. The summed E-state index contributed by atoms with van der Waals surface area (Å²) >= 11 is 0. The Balaban J connectivity index is 6.00. The van der Waals surface area contributed by atoms with Crippen molar-refractivity contribution in [3.8, 4) is 0 Å². The third-order valence-corrected chi connectivity index (χ3v) is 2.71. The highest BCUT2D eigenvalue weighted by molar-refractivity contribution is 5.93. The number of rotatable bonds is 8.